The lowest BCUT2D eigenvalue weighted by molar-refractivity contribution is 0.626. The van der Waals surface area contributed by atoms with Gasteiger partial charge in [-0.25, -0.2) is 4.39 Å². The molecule has 1 nitrogen and oxygen atoms in total. The summed E-state index contributed by atoms with van der Waals surface area (Å²) >= 11 is 9.43. The van der Waals surface area contributed by atoms with Gasteiger partial charge in [0, 0.05) is 21.7 Å². The first-order valence-corrected chi connectivity index (χ1v) is 6.67. The summed E-state index contributed by atoms with van der Waals surface area (Å²) in [5, 5.41) is 3.82. The smallest absolute Gasteiger partial charge is 0.123 e. The Hall–Kier alpha value is -1.06. The van der Waals surface area contributed by atoms with Gasteiger partial charge in [0.15, 0.2) is 0 Å². The highest BCUT2D eigenvalue weighted by Crippen LogP contribution is 2.22. The topological polar surface area (TPSA) is 12.0 Å². The quantitative estimate of drug-likeness (QED) is 0.820. The van der Waals surface area contributed by atoms with Gasteiger partial charge in [0.2, 0.25) is 0 Å². The zero-order chi connectivity index (χ0) is 13.1. The predicted molar refractivity (Wildman–Crippen MR) is 77.6 cm³/mol. The molecule has 1 N–H and O–H groups in total. The summed E-state index contributed by atoms with van der Waals surface area (Å²) in [7, 11) is 0. The van der Waals surface area contributed by atoms with Crippen molar-refractivity contribution in [3.05, 3.63) is 62.8 Å². The highest BCUT2D eigenvalue weighted by molar-refractivity contribution is 9.10. The van der Waals surface area contributed by atoms with Crippen molar-refractivity contribution in [3.63, 3.8) is 0 Å². The maximum Gasteiger partial charge on any atom is 0.123 e. The molecule has 0 bridgehead atoms. The van der Waals surface area contributed by atoms with Crippen molar-refractivity contribution >= 4 is 33.2 Å². The van der Waals surface area contributed by atoms with Crippen LogP contribution in [0, 0.1) is 12.7 Å². The third kappa shape index (κ3) is 3.24. The van der Waals surface area contributed by atoms with Gasteiger partial charge >= 0.3 is 0 Å². The van der Waals surface area contributed by atoms with Crippen molar-refractivity contribution in [2.45, 2.75) is 13.5 Å². The molecule has 4 heteroatoms. The standard InChI is InChI=1S/C14H12BrClFN/c1-9-6-11(15)2-5-14(9)18-8-10-7-12(17)3-4-13(10)16/h2-7,18H,8H2,1H3. The average molecular weight is 329 g/mol. The van der Waals surface area contributed by atoms with Crippen molar-refractivity contribution in [1.29, 1.82) is 0 Å². The molecule has 0 spiro atoms. The summed E-state index contributed by atoms with van der Waals surface area (Å²) < 4.78 is 14.1. The van der Waals surface area contributed by atoms with E-state index in [-0.39, 0.29) is 5.82 Å². The number of aryl methyl sites for hydroxylation is 1. The number of rotatable bonds is 3. The summed E-state index contributed by atoms with van der Waals surface area (Å²) in [5.74, 6) is -0.274. The fraction of sp³-hybridized carbons (Fsp3) is 0.143. The largest absolute Gasteiger partial charge is 0.381 e. The summed E-state index contributed by atoms with van der Waals surface area (Å²) in [6, 6.07) is 10.3. The number of hydrogen-bond acceptors (Lipinski definition) is 1. The molecule has 0 radical (unpaired) electrons. The average Bonchev–Trinajstić information content (AvgIpc) is 2.32. The van der Waals surface area contributed by atoms with Crippen LogP contribution < -0.4 is 5.32 Å². The van der Waals surface area contributed by atoms with Gasteiger partial charge in [-0.05, 0) is 54.4 Å². The molecule has 0 aliphatic carbocycles. The molecule has 2 rings (SSSR count). The molecule has 94 valence electrons. The molecule has 0 atom stereocenters. The first-order chi connectivity index (χ1) is 8.56. The molecule has 0 aromatic heterocycles. The van der Waals surface area contributed by atoms with Crippen LogP contribution in [0.2, 0.25) is 5.02 Å². The number of nitrogens with one attached hydrogen (secondary N) is 1. The second kappa shape index (κ2) is 5.72. The molecule has 0 heterocycles. The Morgan fingerprint density at radius 1 is 1.22 bits per heavy atom. The number of halogens is 3. The Balaban J connectivity index is 2.13. The zero-order valence-electron chi connectivity index (χ0n) is 9.81. The van der Waals surface area contributed by atoms with Crippen LogP contribution >= 0.6 is 27.5 Å². The molecule has 0 saturated heterocycles. The minimum atomic E-state index is -0.274. The lowest BCUT2D eigenvalue weighted by atomic mass is 10.1. The molecule has 0 fully saturated rings. The summed E-state index contributed by atoms with van der Waals surface area (Å²) in [6.07, 6.45) is 0. The Kier molecular flexibility index (Phi) is 4.25. The molecule has 0 amide bonds. The Morgan fingerprint density at radius 2 is 2.00 bits per heavy atom. The zero-order valence-corrected chi connectivity index (χ0v) is 12.1. The van der Waals surface area contributed by atoms with E-state index in [1.807, 2.05) is 25.1 Å². The van der Waals surface area contributed by atoms with Gasteiger partial charge in [0.25, 0.3) is 0 Å². The van der Waals surface area contributed by atoms with E-state index in [9.17, 15) is 4.39 Å². The van der Waals surface area contributed by atoms with Gasteiger partial charge in [-0.15, -0.1) is 0 Å². The van der Waals surface area contributed by atoms with E-state index in [4.69, 9.17) is 11.6 Å². The first kappa shape index (κ1) is 13.4. The molecular weight excluding hydrogens is 317 g/mol. The van der Waals surface area contributed by atoms with Gasteiger partial charge in [-0.2, -0.15) is 0 Å². The van der Waals surface area contributed by atoms with Crippen LogP contribution in [-0.4, -0.2) is 0 Å². The number of hydrogen-bond donors (Lipinski definition) is 1. The summed E-state index contributed by atoms with van der Waals surface area (Å²) in [4.78, 5) is 0. The highest BCUT2D eigenvalue weighted by atomic mass is 79.9. The van der Waals surface area contributed by atoms with Crippen LogP contribution in [0.5, 0.6) is 0 Å². The van der Waals surface area contributed by atoms with Gasteiger partial charge in [0.05, 0.1) is 0 Å². The van der Waals surface area contributed by atoms with E-state index in [0.717, 1.165) is 21.3 Å². The van der Waals surface area contributed by atoms with Crippen LogP contribution in [0.25, 0.3) is 0 Å². The SMILES string of the molecule is Cc1cc(Br)ccc1NCc1cc(F)ccc1Cl. The third-order valence-electron chi connectivity index (χ3n) is 2.67. The molecular formula is C14H12BrClFN. The monoisotopic (exact) mass is 327 g/mol. The fourth-order valence-corrected chi connectivity index (χ4v) is 2.35. The Morgan fingerprint density at radius 3 is 2.72 bits per heavy atom. The maximum atomic E-state index is 13.1. The van der Waals surface area contributed by atoms with Gasteiger partial charge in [-0.3, -0.25) is 0 Å². The Labute approximate surface area is 119 Å². The van der Waals surface area contributed by atoms with Crippen LogP contribution in [0.3, 0.4) is 0 Å². The van der Waals surface area contributed by atoms with Gasteiger partial charge < -0.3 is 5.32 Å². The molecule has 0 aliphatic rings. The van der Waals surface area contributed by atoms with E-state index in [1.54, 1.807) is 6.07 Å². The van der Waals surface area contributed by atoms with Gasteiger partial charge in [0.1, 0.15) is 5.82 Å². The lowest BCUT2D eigenvalue weighted by Crippen LogP contribution is -2.02. The second-order valence-corrected chi connectivity index (χ2v) is 5.37. The Bertz CT molecular complexity index is 572. The van der Waals surface area contributed by atoms with Crippen LogP contribution in [0.1, 0.15) is 11.1 Å². The van der Waals surface area contributed by atoms with Crippen molar-refractivity contribution in [2.75, 3.05) is 5.32 Å². The van der Waals surface area contributed by atoms with E-state index >= 15 is 0 Å². The molecule has 0 aliphatic heterocycles. The normalized spacial score (nSPS) is 10.4. The van der Waals surface area contributed by atoms with Crippen molar-refractivity contribution < 1.29 is 4.39 Å². The third-order valence-corrected chi connectivity index (χ3v) is 3.53. The maximum absolute atomic E-state index is 13.1. The van der Waals surface area contributed by atoms with E-state index < -0.39 is 0 Å². The highest BCUT2D eigenvalue weighted by Gasteiger charge is 2.03. The van der Waals surface area contributed by atoms with Crippen molar-refractivity contribution in [2.24, 2.45) is 0 Å². The number of anilines is 1. The second-order valence-electron chi connectivity index (χ2n) is 4.05. The van der Waals surface area contributed by atoms with Crippen molar-refractivity contribution in [3.8, 4) is 0 Å². The minimum absolute atomic E-state index is 0.274. The van der Waals surface area contributed by atoms with Crippen LogP contribution in [0.4, 0.5) is 10.1 Å². The molecule has 0 unspecified atom stereocenters. The van der Waals surface area contributed by atoms with Crippen LogP contribution in [-0.2, 0) is 6.54 Å². The molecule has 0 saturated carbocycles. The van der Waals surface area contributed by atoms with E-state index in [1.165, 1.54) is 12.1 Å². The summed E-state index contributed by atoms with van der Waals surface area (Å²) in [6.45, 7) is 2.51. The molecule has 2 aromatic rings. The first-order valence-electron chi connectivity index (χ1n) is 5.50. The predicted octanol–water partition coefficient (Wildman–Crippen LogP) is 5.16. The summed E-state index contributed by atoms with van der Waals surface area (Å²) in [5.41, 5.74) is 2.88. The lowest BCUT2D eigenvalue weighted by Gasteiger charge is -2.11. The van der Waals surface area contributed by atoms with Gasteiger partial charge in [-0.1, -0.05) is 27.5 Å². The molecule has 2 aromatic carbocycles. The van der Waals surface area contributed by atoms with E-state index in [0.29, 0.717) is 11.6 Å². The van der Waals surface area contributed by atoms with Crippen LogP contribution in [0.15, 0.2) is 40.9 Å². The number of benzene rings is 2. The fourth-order valence-electron chi connectivity index (χ4n) is 1.69. The van der Waals surface area contributed by atoms with E-state index in [2.05, 4.69) is 21.2 Å². The molecule has 18 heavy (non-hydrogen) atoms. The minimum Gasteiger partial charge on any atom is -0.381 e. The van der Waals surface area contributed by atoms with Crippen molar-refractivity contribution in [1.82, 2.24) is 0 Å².